The molecule has 0 amide bonds. The molecule has 20 heavy (non-hydrogen) atoms. The van der Waals surface area contributed by atoms with Crippen LogP contribution < -0.4 is 9.62 Å². The van der Waals surface area contributed by atoms with E-state index in [1.165, 1.54) is 7.05 Å². The van der Waals surface area contributed by atoms with Gasteiger partial charge in [0.05, 0.1) is 11.8 Å². The zero-order valence-electron chi connectivity index (χ0n) is 11.5. The van der Waals surface area contributed by atoms with Crippen molar-refractivity contribution in [3.63, 3.8) is 0 Å². The van der Waals surface area contributed by atoms with E-state index in [4.69, 9.17) is 0 Å². The van der Waals surface area contributed by atoms with Gasteiger partial charge in [-0.1, -0.05) is 12.1 Å². The molecule has 3 unspecified atom stereocenters. The van der Waals surface area contributed by atoms with Gasteiger partial charge < -0.3 is 10.0 Å². The highest BCUT2D eigenvalue weighted by molar-refractivity contribution is 7.89. The van der Waals surface area contributed by atoms with Gasteiger partial charge in [-0.3, -0.25) is 0 Å². The quantitative estimate of drug-likeness (QED) is 0.866. The number of anilines is 1. The lowest BCUT2D eigenvalue weighted by Crippen LogP contribution is -2.27. The Labute approximate surface area is 119 Å². The van der Waals surface area contributed by atoms with Crippen molar-refractivity contribution >= 4 is 15.7 Å². The average molecular weight is 296 g/mol. The third-order valence-corrected chi connectivity index (χ3v) is 6.04. The lowest BCUT2D eigenvalue weighted by molar-refractivity contribution is 0.133. The molecule has 1 aliphatic carbocycles. The summed E-state index contributed by atoms with van der Waals surface area (Å²) in [5.74, 6) is 0.760. The summed E-state index contributed by atoms with van der Waals surface area (Å²) in [5.41, 5.74) is 0.739. The first-order valence-electron chi connectivity index (χ1n) is 6.98. The molecular weight excluding hydrogens is 276 g/mol. The number of aliphatic hydroxyl groups is 1. The van der Waals surface area contributed by atoms with Crippen LogP contribution in [0.3, 0.4) is 0 Å². The summed E-state index contributed by atoms with van der Waals surface area (Å²) in [6.45, 7) is 1.57. The summed E-state index contributed by atoms with van der Waals surface area (Å²) in [6.07, 6.45) is 1.67. The van der Waals surface area contributed by atoms with Crippen molar-refractivity contribution in [2.24, 2.45) is 11.8 Å². The van der Waals surface area contributed by atoms with Crippen LogP contribution in [0, 0.1) is 11.8 Å². The number of hydrogen-bond donors (Lipinski definition) is 2. The Bertz CT molecular complexity index is 602. The monoisotopic (exact) mass is 296 g/mol. The molecule has 0 bridgehead atoms. The zero-order valence-corrected chi connectivity index (χ0v) is 12.3. The zero-order chi connectivity index (χ0) is 14.3. The van der Waals surface area contributed by atoms with Gasteiger partial charge in [-0.15, -0.1) is 0 Å². The molecular formula is C14H20N2O3S. The van der Waals surface area contributed by atoms with E-state index >= 15 is 0 Å². The van der Waals surface area contributed by atoms with Crippen LogP contribution in [0.15, 0.2) is 29.2 Å². The van der Waals surface area contributed by atoms with E-state index in [2.05, 4.69) is 9.62 Å². The van der Waals surface area contributed by atoms with E-state index in [1.807, 2.05) is 12.1 Å². The maximum absolute atomic E-state index is 12.1. The SMILES string of the molecule is CNS(=O)(=O)c1ccccc1N1CC2CCC(O)C2C1. The summed E-state index contributed by atoms with van der Waals surface area (Å²) in [5, 5.41) is 9.98. The predicted molar refractivity (Wildman–Crippen MR) is 77.1 cm³/mol. The lowest BCUT2D eigenvalue weighted by atomic mass is 10.00. The Hall–Kier alpha value is -1.11. The average Bonchev–Trinajstić information content (AvgIpc) is 3.01. The van der Waals surface area contributed by atoms with E-state index in [0.717, 1.165) is 31.6 Å². The van der Waals surface area contributed by atoms with Gasteiger partial charge in [-0.2, -0.15) is 0 Å². The van der Waals surface area contributed by atoms with E-state index in [9.17, 15) is 13.5 Å². The van der Waals surface area contributed by atoms with Gasteiger partial charge in [0, 0.05) is 19.0 Å². The third kappa shape index (κ3) is 2.21. The fraction of sp³-hybridized carbons (Fsp3) is 0.571. The molecule has 1 aromatic rings. The van der Waals surface area contributed by atoms with Gasteiger partial charge in [0.1, 0.15) is 4.90 Å². The van der Waals surface area contributed by atoms with Gasteiger partial charge in [0.25, 0.3) is 0 Å². The highest BCUT2D eigenvalue weighted by atomic mass is 32.2. The van der Waals surface area contributed by atoms with Crippen molar-refractivity contribution in [3.8, 4) is 0 Å². The van der Waals surface area contributed by atoms with E-state index < -0.39 is 10.0 Å². The number of sulfonamides is 1. The predicted octanol–water partition coefficient (Wildman–Crippen LogP) is 0.802. The molecule has 1 aliphatic heterocycles. The molecule has 1 saturated heterocycles. The summed E-state index contributed by atoms with van der Waals surface area (Å²) >= 11 is 0. The van der Waals surface area contributed by atoms with Gasteiger partial charge in [0.2, 0.25) is 10.0 Å². The molecule has 0 spiro atoms. The van der Waals surface area contributed by atoms with Crippen LogP contribution in [-0.4, -0.2) is 39.8 Å². The first-order chi connectivity index (χ1) is 9.53. The molecule has 3 atom stereocenters. The number of hydrogen-bond acceptors (Lipinski definition) is 4. The molecule has 2 aliphatic rings. The first-order valence-corrected chi connectivity index (χ1v) is 8.47. The Morgan fingerprint density at radius 3 is 2.70 bits per heavy atom. The van der Waals surface area contributed by atoms with E-state index in [0.29, 0.717) is 10.8 Å². The summed E-state index contributed by atoms with van der Waals surface area (Å²) in [4.78, 5) is 2.42. The lowest BCUT2D eigenvalue weighted by Gasteiger charge is -2.23. The molecule has 5 nitrogen and oxygen atoms in total. The highest BCUT2D eigenvalue weighted by Crippen LogP contribution is 2.41. The maximum atomic E-state index is 12.1. The van der Waals surface area contributed by atoms with Crippen LogP contribution in [0.5, 0.6) is 0 Å². The summed E-state index contributed by atoms with van der Waals surface area (Å²) < 4.78 is 26.6. The minimum atomic E-state index is -3.46. The molecule has 1 aromatic carbocycles. The smallest absolute Gasteiger partial charge is 0.242 e. The Kier molecular flexibility index (Phi) is 3.48. The molecule has 2 fully saturated rings. The highest BCUT2D eigenvalue weighted by Gasteiger charge is 2.42. The van der Waals surface area contributed by atoms with Crippen LogP contribution in [-0.2, 0) is 10.0 Å². The second-order valence-corrected chi connectivity index (χ2v) is 7.50. The summed E-state index contributed by atoms with van der Waals surface area (Å²) in [7, 11) is -2.03. The number of fused-ring (bicyclic) bond motifs is 1. The number of para-hydroxylation sites is 1. The molecule has 1 saturated carbocycles. The van der Waals surface area contributed by atoms with Crippen LogP contribution in [0.25, 0.3) is 0 Å². The third-order valence-electron chi connectivity index (χ3n) is 4.58. The molecule has 2 N–H and O–H groups in total. The van der Waals surface area contributed by atoms with Crippen LogP contribution in [0.4, 0.5) is 5.69 Å². The van der Waals surface area contributed by atoms with Crippen molar-refractivity contribution in [3.05, 3.63) is 24.3 Å². The van der Waals surface area contributed by atoms with Crippen molar-refractivity contribution < 1.29 is 13.5 Å². The van der Waals surface area contributed by atoms with Crippen molar-refractivity contribution in [2.45, 2.75) is 23.8 Å². The number of rotatable bonds is 3. The van der Waals surface area contributed by atoms with Crippen LogP contribution in [0.1, 0.15) is 12.8 Å². The standard InChI is InChI=1S/C14H20N2O3S/c1-15-20(18,19)14-5-3-2-4-12(14)16-8-10-6-7-13(17)11(10)9-16/h2-5,10-11,13,15,17H,6-9H2,1H3. The fourth-order valence-corrected chi connectivity index (χ4v) is 4.44. The van der Waals surface area contributed by atoms with Crippen molar-refractivity contribution in [1.82, 2.24) is 4.72 Å². The molecule has 1 heterocycles. The number of aliphatic hydroxyl groups excluding tert-OH is 1. The second kappa shape index (κ2) is 5.02. The van der Waals surface area contributed by atoms with E-state index in [-0.39, 0.29) is 12.0 Å². The van der Waals surface area contributed by atoms with Gasteiger partial charge in [0.15, 0.2) is 0 Å². The van der Waals surface area contributed by atoms with Crippen LogP contribution >= 0.6 is 0 Å². The van der Waals surface area contributed by atoms with Crippen molar-refractivity contribution in [2.75, 3.05) is 25.0 Å². The topological polar surface area (TPSA) is 69.6 Å². The molecule has 6 heteroatoms. The summed E-state index contributed by atoms with van der Waals surface area (Å²) in [6, 6.07) is 7.07. The fourth-order valence-electron chi connectivity index (χ4n) is 3.49. The Balaban J connectivity index is 1.93. The van der Waals surface area contributed by atoms with Crippen molar-refractivity contribution in [1.29, 1.82) is 0 Å². The van der Waals surface area contributed by atoms with E-state index in [1.54, 1.807) is 12.1 Å². The van der Waals surface area contributed by atoms with Crippen LogP contribution in [0.2, 0.25) is 0 Å². The number of nitrogens with zero attached hydrogens (tertiary/aromatic N) is 1. The minimum absolute atomic E-state index is 0.238. The number of benzene rings is 1. The molecule has 110 valence electrons. The first kappa shape index (κ1) is 13.9. The minimum Gasteiger partial charge on any atom is -0.393 e. The normalized spacial score (nSPS) is 29.7. The Morgan fingerprint density at radius 2 is 2.00 bits per heavy atom. The van der Waals surface area contributed by atoms with Gasteiger partial charge >= 0.3 is 0 Å². The Morgan fingerprint density at radius 1 is 1.25 bits per heavy atom. The maximum Gasteiger partial charge on any atom is 0.242 e. The molecule has 3 rings (SSSR count). The second-order valence-electron chi connectivity index (χ2n) is 5.65. The molecule has 0 aromatic heterocycles. The largest absolute Gasteiger partial charge is 0.393 e. The van der Waals surface area contributed by atoms with Gasteiger partial charge in [-0.05, 0) is 37.9 Å². The number of nitrogens with one attached hydrogen (secondary N) is 1. The van der Waals surface area contributed by atoms with Gasteiger partial charge in [-0.25, -0.2) is 13.1 Å². The molecule has 0 radical (unpaired) electrons.